The van der Waals surface area contributed by atoms with Crippen LogP contribution in [0, 0.1) is 5.82 Å². The van der Waals surface area contributed by atoms with Gasteiger partial charge in [0, 0.05) is 13.1 Å². The summed E-state index contributed by atoms with van der Waals surface area (Å²) in [4.78, 5) is 20.3. The molecular weight excluding hydrogens is 313 g/mol. The van der Waals surface area contributed by atoms with Gasteiger partial charge in [0.05, 0.1) is 17.6 Å². The first-order valence-electron chi connectivity index (χ1n) is 6.79. The molecule has 0 spiro atoms. The second-order valence-electron chi connectivity index (χ2n) is 6.07. The van der Waals surface area contributed by atoms with Crippen LogP contribution in [0.1, 0.15) is 27.2 Å². The fourth-order valence-electron chi connectivity index (χ4n) is 2.07. The van der Waals surface area contributed by atoms with Crippen LogP contribution in [0.15, 0.2) is 17.6 Å². The number of ether oxygens (including phenoxy) is 1. The summed E-state index contributed by atoms with van der Waals surface area (Å²) >= 11 is 0. The van der Waals surface area contributed by atoms with E-state index in [-0.39, 0.29) is 19.5 Å². The zero-order valence-corrected chi connectivity index (χ0v) is 13.4. The summed E-state index contributed by atoms with van der Waals surface area (Å²) in [6.45, 7) is 5.50. The number of sulfone groups is 1. The first-order chi connectivity index (χ1) is 10.1. The Morgan fingerprint density at radius 1 is 1.36 bits per heavy atom. The van der Waals surface area contributed by atoms with E-state index in [1.165, 1.54) is 4.90 Å². The predicted molar refractivity (Wildman–Crippen MR) is 75.4 cm³/mol. The van der Waals surface area contributed by atoms with Crippen LogP contribution in [-0.2, 0) is 14.6 Å². The molecule has 0 N–H and O–H groups in total. The van der Waals surface area contributed by atoms with E-state index < -0.39 is 37.8 Å². The number of rotatable bonds is 2. The molecule has 0 aliphatic carbocycles. The second-order valence-corrected chi connectivity index (χ2v) is 8.19. The van der Waals surface area contributed by atoms with Gasteiger partial charge < -0.3 is 9.64 Å². The van der Waals surface area contributed by atoms with Crippen molar-refractivity contribution in [2.75, 3.05) is 13.1 Å². The van der Waals surface area contributed by atoms with Crippen LogP contribution in [0.2, 0.25) is 0 Å². The van der Waals surface area contributed by atoms with E-state index in [0.717, 1.165) is 12.4 Å². The van der Waals surface area contributed by atoms with E-state index in [1.54, 1.807) is 20.8 Å². The summed E-state index contributed by atoms with van der Waals surface area (Å²) in [7, 11) is -3.80. The highest BCUT2D eigenvalue weighted by molar-refractivity contribution is 7.91. The number of carbonyl (C=O) groups excluding carboxylic acids is 1. The second kappa shape index (κ2) is 5.79. The molecule has 2 heterocycles. The largest absolute Gasteiger partial charge is 0.444 e. The topological polar surface area (TPSA) is 89.5 Å². The zero-order chi connectivity index (χ0) is 16.5. The normalized spacial score (nSPS) is 19.3. The van der Waals surface area contributed by atoms with Crippen LogP contribution in [0.5, 0.6) is 0 Å². The van der Waals surface area contributed by atoms with Gasteiger partial charge in [-0.25, -0.2) is 27.6 Å². The number of hydrogen-bond acceptors (Lipinski definition) is 6. The maximum Gasteiger partial charge on any atom is 0.410 e. The first kappa shape index (κ1) is 16.6. The molecule has 7 nitrogen and oxygen atoms in total. The highest BCUT2D eigenvalue weighted by Crippen LogP contribution is 2.23. The van der Waals surface area contributed by atoms with Crippen molar-refractivity contribution in [2.45, 2.75) is 43.2 Å². The highest BCUT2D eigenvalue weighted by atomic mass is 32.2. The summed E-state index contributed by atoms with van der Waals surface area (Å²) in [5.41, 5.74) is -0.645. The van der Waals surface area contributed by atoms with Gasteiger partial charge in [-0.05, 0) is 27.2 Å². The highest BCUT2D eigenvalue weighted by Gasteiger charge is 2.39. The van der Waals surface area contributed by atoms with Crippen molar-refractivity contribution in [2.24, 2.45) is 0 Å². The van der Waals surface area contributed by atoms with Crippen LogP contribution in [0.4, 0.5) is 9.18 Å². The van der Waals surface area contributed by atoms with Crippen LogP contribution < -0.4 is 0 Å². The molecular formula is C13H18FN3O4S. The molecule has 2 rings (SSSR count). The lowest BCUT2D eigenvalue weighted by atomic mass is 10.2. The molecule has 1 aliphatic heterocycles. The molecule has 1 aromatic heterocycles. The van der Waals surface area contributed by atoms with Crippen molar-refractivity contribution in [3.8, 4) is 0 Å². The molecule has 122 valence electrons. The third-order valence-corrected chi connectivity index (χ3v) is 5.07. The molecule has 9 heteroatoms. The smallest absolute Gasteiger partial charge is 0.410 e. The van der Waals surface area contributed by atoms with Gasteiger partial charge in [0.25, 0.3) is 0 Å². The molecule has 1 saturated heterocycles. The van der Waals surface area contributed by atoms with Crippen LogP contribution >= 0.6 is 0 Å². The van der Waals surface area contributed by atoms with Gasteiger partial charge in [0.2, 0.25) is 15.0 Å². The molecule has 1 amide bonds. The Kier molecular flexibility index (Phi) is 4.37. The quantitative estimate of drug-likeness (QED) is 0.761. The number of hydrogen-bond donors (Lipinski definition) is 0. The number of likely N-dealkylation sites (tertiary alicyclic amines) is 1. The van der Waals surface area contributed by atoms with Crippen molar-refractivity contribution in [1.29, 1.82) is 0 Å². The molecule has 0 saturated carbocycles. The summed E-state index contributed by atoms with van der Waals surface area (Å²) in [6, 6.07) is 0. The maximum absolute atomic E-state index is 12.8. The van der Waals surface area contributed by atoms with E-state index in [4.69, 9.17) is 4.74 Å². The molecule has 1 aliphatic rings. The van der Waals surface area contributed by atoms with Gasteiger partial charge in [0.1, 0.15) is 5.60 Å². The molecule has 0 bridgehead atoms. The Balaban J connectivity index is 2.09. The fraction of sp³-hybridized carbons (Fsp3) is 0.615. The number of carbonyl (C=O) groups is 1. The summed E-state index contributed by atoms with van der Waals surface area (Å²) < 4.78 is 42.7. The Morgan fingerprint density at radius 2 is 1.95 bits per heavy atom. The third-order valence-electron chi connectivity index (χ3n) is 3.09. The number of nitrogens with zero attached hydrogens (tertiary/aromatic N) is 3. The lowest BCUT2D eigenvalue weighted by molar-refractivity contribution is 0.0295. The minimum Gasteiger partial charge on any atom is -0.444 e. The van der Waals surface area contributed by atoms with Gasteiger partial charge in [-0.15, -0.1) is 0 Å². The Morgan fingerprint density at radius 3 is 2.50 bits per heavy atom. The number of aromatic nitrogens is 2. The standard InChI is InChI=1S/C13H18FN3O4S/c1-13(2,3)21-12(18)17-5-4-10(8-17)22(19,20)11-15-6-9(14)7-16-11/h6-7,10H,4-5,8H2,1-3H3/t10-/m1/s1. The number of amides is 1. The van der Waals surface area contributed by atoms with Crippen molar-refractivity contribution in [3.63, 3.8) is 0 Å². The predicted octanol–water partition coefficient (Wildman–Crippen LogP) is 1.40. The third kappa shape index (κ3) is 3.70. The Labute approximate surface area is 128 Å². The Hall–Kier alpha value is -1.77. The molecule has 0 radical (unpaired) electrons. The van der Waals surface area contributed by atoms with Gasteiger partial charge in [-0.3, -0.25) is 0 Å². The lowest BCUT2D eigenvalue weighted by Crippen LogP contribution is -2.36. The average molecular weight is 331 g/mol. The van der Waals surface area contributed by atoms with E-state index in [0.29, 0.717) is 0 Å². The van der Waals surface area contributed by atoms with E-state index in [2.05, 4.69) is 9.97 Å². The van der Waals surface area contributed by atoms with E-state index in [9.17, 15) is 17.6 Å². The summed E-state index contributed by atoms with van der Waals surface area (Å²) in [5, 5.41) is -1.24. The lowest BCUT2D eigenvalue weighted by Gasteiger charge is -2.24. The minimum absolute atomic E-state index is 0.0119. The van der Waals surface area contributed by atoms with Crippen LogP contribution in [0.25, 0.3) is 0 Å². The number of halogens is 1. The van der Waals surface area contributed by atoms with Crippen molar-refractivity contribution < 1.29 is 22.3 Å². The average Bonchev–Trinajstić information content (AvgIpc) is 2.87. The van der Waals surface area contributed by atoms with Gasteiger partial charge in [-0.1, -0.05) is 0 Å². The molecule has 0 unspecified atom stereocenters. The van der Waals surface area contributed by atoms with E-state index >= 15 is 0 Å². The van der Waals surface area contributed by atoms with Gasteiger partial charge in [-0.2, -0.15) is 0 Å². The van der Waals surface area contributed by atoms with E-state index in [1.807, 2.05) is 0 Å². The molecule has 0 aromatic carbocycles. The van der Waals surface area contributed by atoms with Gasteiger partial charge >= 0.3 is 6.09 Å². The zero-order valence-electron chi connectivity index (χ0n) is 12.6. The fourth-order valence-corrected chi connectivity index (χ4v) is 3.56. The van der Waals surface area contributed by atoms with Crippen molar-refractivity contribution >= 4 is 15.9 Å². The van der Waals surface area contributed by atoms with Crippen molar-refractivity contribution in [3.05, 3.63) is 18.2 Å². The Bertz CT molecular complexity index is 655. The monoisotopic (exact) mass is 331 g/mol. The summed E-state index contributed by atoms with van der Waals surface area (Å²) in [6.07, 6.45) is 1.33. The van der Waals surface area contributed by atoms with Crippen LogP contribution in [0.3, 0.4) is 0 Å². The summed E-state index contributed by atoms with van der Waals surface area (Å²) in [5.74, 6) is -0.708. The molecule has 1 fully saturated rings. The molecule has 22 heavy (non-hydrogen) atoms. The minimum atomic E-state index is -3.80. The SMILES string of the molecule is CC(C)(C)OC(=O)N1CC[C@@H](S(=O)(=O)c2ncc(F)cn2)C1. The maximum atomic E-state index is 12.8. The molecule has 1 atom stereocenters. The first-order valence-corrected chi connectivity index (χ1v) is 8.33. The van der Waals surface area contributed by atoms with Crippen molar-refractivity contribution in [1.82, 2.24) is 14.9 Å². The van der Waals surface area contributed by atoms with Gasteiger partial charge in [0.15, 0.2) is 5.82 Å². The van der Waals surface area contributed by atoms with Crippen LogP contribution in [-0.4, -0.2) is 53.3 Å². The molecule has 1 aromatic rings.